The highest BCUT2D eigenvalue weighted by molar-refractivity contribution is 7.07. The number of aryl methyl sites for hydroxylation is 1. The fraction of sp³-hybridized carbons (Fsp3) is 0.357. The Morgan fingerprint density at radius 1 is 1.50 bits per heavy atom. The summed E-state index contributed by atoms with van der Waals surface area (Å²) in [6.45, 7) is 2.99. The molecule has 0 aliphatic carbocycles. The lowest BCUT2D eigenvalue weighted by atomic mass is 10.1. The Labute approximate surface area is 112 Å². The molecule has 0 fully saturated rings. The van der Waals surface area contributed by atoms with Crippen molar-refractivity contribution in [1.82, 2.24) is 9.88 Å². The minimum absolute atomic E-state index is 0.436. The predicted molar refractivity (Wildman–Crippen MR) is 74.5 cm³/mol. The summed E-state index contributed by atoms with van der Waals surface area (Å²) in [5.74, 6) is 0. The van der Waals surface area contributed by atoms with Gasteiger partial charge in [-0.15, -0.1) is 0 Å². The summed E-state index contributed by atoms with van der Waals surface area (Å²) in [5, 5.41) is 16.7. The van der Waals surface area contributed by atoms with Crippen molar-refractivity contribution in [3.05, 3.63) is 45.9 Å². The summed E-state index contributed by atoms with van der Waals surface area (Å²) in [5.41, 5.74) is 3.24. The van der Waals surface area contributed by atoms with Gasteiger partial charge in [0, 0.05) is 25.8 Å². The summed E-state index contributed by atoms with van der Waals surface area (Å²) in [7, 11) is 1.90. The molecule has 0 aromatic carbocycles. The lowest BCUT2D eigenvalue weighted by molar-refractivity contribution is 0.546. The van der Waals surface area contributed by atoms with E-state index in [-0.39, 0.29) is 0 Å². The van der Waals surface area contributed by atoms with Gasteiger partial charge in [0.2, 0.25) is 0 Å². The van der Waals surface area contributed by atoms with Crippen LogP contribution in [0.1, 0.15) is 23.7 Å². The summed E-state index contributed by atoms with van der Waals surface area (Å²) >= 11 is 1.74. The first-order valence-electron chi connectivity index (χ1n) is 5.99. The number of nitrogens with zero attached hydrogens (tertiary/aromatic N) is 2. The summed E-state index contributed by atoms with van der Waals surface area (Å²) in [6.07, 6.45) is 3.05. The third kappa shape index (κ3) is 3.22. The maximum Gasteiger partial charge on any atom is 0.120 e. The van der Waals surface area contributed by atoms with E-state index in [1.807, 2.05) is 23.9 Å². The van der Waals surface area contributed by atoms with Crippen molar-refractivity contribution < 1.29 is 0 Å². The number of rotatable bonds is 5. The molecule has 1 N–H and O–H groups in total. The lowest BCUT2D eigenvalue weighted by Gasteiger charge is -2.12. The molecule has 0 bridgehead atoms. The van der Waals surface area contributed by atoms with Crippen LogP contribution in [0.5, 0.6) is 0 Å². The Hall–Kier alpha value is -1.57. The van der Waals surface area contributed by atoms with E-state index in [0.717, 1.165) is 18.5 Å². The summed E-state index contributed by atoms with van der Waals surface area (Å²) < 4.78 is 1.86. The molecule has 2 rings (SSSR count). The third-order valence-corrected chi connectivity index (χ3v) is 3.68. The van der Waals surface area contributed by atoms with E-state index in [4.69, 9.17) is 5.26 Å². The SMILES string of the molecule is CC(Cc1ccsc1)NCc1cc(C#N)n(C)c1. The van der Waals surface area contributed by atoms with Crippen LogP contribution in [0.15, 0.2) is 29.1 Å². The van der Waals surface area contributed by atoms with Crippen LogP contribution in [0.2, 0.25) is 0 Å². The summed E-state index contributed by atoms with van der Waals surface area (Å²) in [6, 6.07) is 6.71. The van der Waals surface area contributed by atoms with Gasteiger partial charge >= 0.3 is 0 Å². The number of nitriles is 1. The molecule has 0 saturated carbocycles. The predicted octanol–water partition coefficient (Wildman–Crippen LogP) is 2.68. The third-order valence-electron chi connectivity index (χ3n) is 2.95. The van der Waals surface area contributed by atoms with E-state index in [0.29, 0.717) is 11.7 Å². The Kier molecular flexibility index (Phi) is 4.19. The van der Waals surface area contributed by atoms with Gasteiger partial charge in [0.1, 0.15) is 11.8 Å². The fourth-order valence-electron chi connectivity index (χ4n) is 1.97. The van der Waals surface area contributed by atoms with Crippen molar-refractivity contribution >= 4 is 11.3 Å². The van der Waals surface area contributed by atoms with Crippen LogP contribution in [0.3, 0.4) is 0 Å². The van der Waals surface area contributed by atoms with Gasteiger partial charge in [-0.1, -0.05) is 0 Å². The molecule has 0 amide bonds. The van der Waals surface area contributed by atoms with Crippen LogP contribution >= 0.6 is 11.3 Å². The first-order valence-corrected chi connectivity index (χ1v) is 6.93. The van der Waals surface area contributed by atoms with Gasteiger partial charge in [-0.2, -0.15) is 16.6 Å². The Balaban J connectivity index is 1.85. The molecular formula is C14H17N3S. The number of aromatic nitrogens is 1. The molecule has 2 aromatic rings. The second kappa shape index (κ2) is 5.85. The van der Waals surface area contributed by atoms with Gasteiger partial charge in [0.15, 0.2) is 0 Å². The topological polar surface area (TPSA) is 40.8 Å². The van der Waals surface area contributed by atoms with Crippen molar-refractivity contribution in [3.63, 3.8) is 0 Å². The van der Waals surface area contributed by atoms with Crippen LogP contribution in [0.4, 0.5) is 0 Å². The highest BCUT2D eigenvalue weighted by Crippen LogP contribution is 2.10. The lowest BCUT2D eigenvalue weighted by Crippen LogP contribution is -2.27. The number of hydrogen-bond donors (Lipinski definition) is 1. The second-order valence-electron chi connectivity index (χ2n) is 4.57. The van der Waals surface area contributed by atoms with Crippen molar-refractivity contribution in [2.24, 2.45) is 7.05 Å². The molecule has 94 valence electrons. The van der Waals surface area contributed by atoms with Gasteiger partial charge in [0.25, 0.3) is 0 Å². The molecule has 2 aromatic heterocycles. The molecule has 4 heteroatoms. The maximum atomic E-state index is 8.89. The van der Waals surface area contributed by atoms with Crippen molar-refractivity contribution in [3.8, 4) is 6.07 Å². The Morgan fingerprint density at radius 3 is 2.94 bits per heavy atom. The van der Waals surface area contributed by atoms with Gasteiger partial charge in [-0.05, 0) is 47.4 Å². The number of nitrogens with one attached hydrogen (secondary N) is 1. The minimum Gasteiger partial charge on any atom is -0.342 e. The molecule has 1 atom stereocenters. The first kappa shape index (κ1) is 12.9. The molecule has 1 unspecified atom stereocenters. The molecule has 0 radical (unpaired) electrons. The molecule has 3 nitrogen and oxygen atoms in total. The van der Waals surface area contributed by atoms with E-state index in [2.05, 4.69) is 35.1 Å². The average Bonchev–Trinajstić information content (AvgIpc) is 2.96. The van der Waals surface area contributed by atoms with Crippen molar-refractivity contribution in [2.45, 2.75) is 25.9 Å². The number of thiophene rings is 1. The zero-order valence-electron chi connectivity index (χ0n) is 10.7. The van der Waals surface area contributed by atoms with E-state index in [9.17, 15) is 0 Å². The zero-order valence-corrected chi connectivity index (χ0v) is 11.5. The van der Waals surface area contributed by atoms with Crippen LogP contribution in [0.25, 0.3) is 0 Å². The molecule has 0 aliphatic heterocycles. The van der Waals surface area contributed by atoms with Gasteiger partial charge < -0.3 is 9.88 Å². The van der Waals surface area contributed by atoms with Crippen LogP contribution in [0, 0.1) is 11.3 Å². The van der Waals surface area contributed by atoms with E-state index in [1.165, 1.54) is 5.56 Å². The highest BCUT2D eigenvalue weighted by atomic mass is 32.1. The monoisotopic (exact) mass is 259 g/mol. The quantitative estimate of drug-likeness (QED) is 0.897. The zero-order chi connectivity index (χ0) is 13.0. The van der Waals surface area contributed by atoms with Gasteiger partial charge in [0.05, 0.1) is 0 Å². The van der Waals surface area contributed by atoms with E-state index in [1.54, 1.807) is 11.3 Å². The van der Waals surface area contributed by atoms with Gasteiger partial charge in [-0.3, -0.25) is 0 Å². The normalized spacial score (nSPS) is 12.3. The molecule has 0 saturated heterocycles. The molecular weight excluding hydrogens is 242 g/mol. The fourth-order valence-corrected chi connectivity index (χ4v) is 2.65. The van der Waals surface area contributed by atoms with E-state index >= 15 is 0 Å². The largest absolute Gasteiger partial charge is 0.342 e. The standard InChI is InChI=1S/C14H17N3S/c1-11(5-12-3-4-18-10-12)16-8-13-6-14(7-15)17(2)9-13/h3-4,6,9-11,16H,5,8H2,1-2H3. The summed E-state index contributed by atoms with van der Waals surface area (Å²) in [4.78, 5) is 0. The molecule has 2 heterocycles. The highest BCUT2D eigenvalue weighted by Gasteiger charge is 2.06. The Morgan fingerprint density at radius 2 is 2.33 bits per heavy atom. The average molecular weight is 259 g/mol. The number of hydrogen-bond acceptors (Lipinski definition) is 3. The van der Waals surface area contributed by atoms with Gasteiger partial charge in [-0.25, -0.2) is 0 Å². The molecule has 0 spiro atoms. The molecule has 18 heavy (non-hydrogen) atoms. The first-order chi connectivity index (χ1) is 8.69. The smallest absolute Gasteiger partial charge is 0.120 e. The van der Waals surface area contributed by atoms with E-state index < -0.39 is 0 Å². The minimum atomic E-state index is 0.436. The van der Waals surface area contributed by atoms with Crippen molar-refractivity contribution in [2.75, 3.05) is 0 Å². The molecule has 0 aliphatic rings. The van der Waals surface area contributed by atoms with Crippen molar-refractivity contribution in [1.29, 1.82) is 5.26 Å². The second-order valence-corrected chi connectivity index (χ2v) is 5.35. The van der Waals surface area contributed by atoms with Crippen LogP contribution in [-0.4, -0.2) is 10.6 Å². The Bertz CT molecular complexity index is 534. The maximum absolute atomic E-state index is 8.89. The van der Waals surface area contributed by atoms with Crippen LogP contribution in [-0.2, 0) is 20.0 Å². The van der Waals surface area contributed by atoms with Crippen LogP contribution < -0.4 is 5.32 Å².